The summed E-state index contributed by atoms with van der Waals surface area (Å²) in [6.07, 6.45) is 6.30. The Morgan fingerprint density at radius 2 is 2.09 bits per heavy atom. The van der Waals surface area contributed by atoms with Crippen molar-refractivity contribution in [1.82, 2.24) is 19.9 Å². The molecule has 4 rings (SSSR count). The van der Waals surface area contributed by atoms with Gasteiger partial charge >= 0.3 is 5.97 Å². The normalized spacial score (nSPS) is 21.2. The number of likely N-dealkylation sites (tertiary alicyclic amines) is 1. The molecule has 0 bridgehead atoms. The van der Waals surface area contributed by atoms with Crippen LogP contribution in [0.15, 0.2) is 36.0 Å². The molecule has 2 atom stereocenters. The second kappa shape index (κ2) is 10.6. The van der Waals surface area contributed by atoms with Crippen molar-refractivity contribution in [2.24, 2.45) is 5.92 Å². The molecule has 1 aliphatic heterocycles. The first kappa shape index (κ1) is 23.6. The van der Waals surface area contributed by atoms with Gasteiger partial charge in [0, 0.05) is 29.8 Å². The highest BCUT2D eigenvalue weighted by Crippen LogP contribution is 2.39. The monoisotopic (exact) mass is 472 g/mol. The van der Waals surface area contributed by atoms with Crippen LogP contribution in [-0.2, 0) is 20.9 Å². The molecule has 2 aromatic rings. The first-order valence-corrected chi connectivity index (χ1v) is 11.9. The van der Waals surface area contributed by atoms with E-state index in [2.05, 4.69) is 15.2 Å². The molecule has 1 aliphatic carbocycles. The van der Waals surface area contributed by atoms with E-state index in [4.69, 9.17) is 17.4 Å². The fraction of sp³-hybridized carbons (Fsp3) is 0.500. The highest BCUT2D eigenvalue weighted by Gasteiger charge is 2.40. The zero-order valence-corrected chi connectivity index (χ0v) is 19.6. The summed E-state index contributed by atoms with van der Waals surface area (Å²) in [5.74, 6) is -0.521. The molecule has 1 aromatic carbocycles. The number of benzene rings is 1. The third kappa shape index (κ3) is 5.70. The van der Waals surface area contributed by atoms with Gasteiger partial charge in [-0.1, -0.05) is 23.4 Å². The van der Waals surface area contributed by atoms with Crippen LogP contribution in [0.4, 0.5) is 4.39 Å². The molecule has 2 aliphatic rings. The zero-order valence-electron chi connectivity index (χ0n) is 18.7. The van der Waals surface area contributed by atoms with Crippen molar-refractivity contribution in [1.29, 1.82) is 0 Å². The smallest absolute Gasteiger partial charge is 0.307 e. The van der Waals surface area contributed by atoms with Crippen LogP contribution in [0.25, 0.3) is 6.08 Å². The number of hydrogen-bond acceptors (Lipinski definition) is 7. The minimum absolute atomic E-state index is 0.00644. The van der Waals surface area contributed by atoms with Gasteiger partial charge in [-0.05, 0) is 43.9 Å². The van der Waals surface area contributed by atoms with Crippen molar-refractivity contribution in [2.75, 3.05) is 19.7 Å². The average molecular weight is 473 g/mol. The van der Waals surface area contributed by atoms with E-state index in [0.29, 0.717) is 31.8 Å². The number of carbonyl (C=O) groups excluding carboxylic acids is 2. The number of piperidine rings is 1. The van der Waals surface area contributed by atoms with Gasteiger partial charge in [-0.25, -0.2) is 9.07 Å². The molecule has 7 nitrogen and oxygen atoms in total. The first-order chi connectivity index (χ1) is 16.0. The Morgan fingerprint density at radius 3 is 2.82 bits per heavy atom. The van der Waals surface area contributed by atoms with Crippen LogP contribution in [-0.4, -0.2) is 56.6 Å². The summed E-state index contributed by atoms with van der Waals surface area (Å²) in [4.78, 5) is 27.0. The molecule has 1 saturated heterocycles. The third-order valence-electron chi connectivity index (χ3n) is 6.13. The van der Waals surface area contributed by atoms with Crippen LogP contribution in [0.1, 0.15) is 49.9 Å². The Bertz CT molecular complexity index is 1040. The molecule has 1 aromatic heterocycles. The lowest BCUT2D eigenvalue weighted by Crippen LogP contribution is -2.42. The van der Waals surface area contributed by atoms with Gasteiger partial charge in [0.25, 0.3) is 0 Å². The zero-order chi connectivity index (χ0) is 23.4. The summed E-state index contributed by atoms with van der Waals surface area (Å²) in [5, 5.41) is 8.07. The van der Waals surface area contributed by atoms with Crippen LogP contribution in [0.3, 0.4) is 0 Å². The Labute approximate surface area is 198 Å². The van der Waals surface area contributed by atoms with Crippen molar-refractivity contribution < 1.29 is 18.7 Å². The predicted octanol–water partition coefficient (Wildman–Crippen LogP) is 3.48. The van der Waals surface area contributed by atoms with Gasteiger partial charge in [-0.15, -0.1) is 5.10 Å². The minimum atomic E-state index is -0.602. The van der Waals surface area contributed by atoms with Gasteiger partial charge in [0.05, 0.1) is 37.5 Å². The second-order valence-electron chi connectivity index (χ2n) is 8.53. The lowest BCUT2D eigenvalue weighted by molar-refractivity contribution is -0.143. The number of aryl methyl sites for hydroxylation is 1. The number of ketones is 1. The number of thiol groups is 1. The fourth-order valence-electron chi connectivity index (χ4n) is 4.24. The number of nitrogens with zero attached hydrogens (tertiary/aromatic N) is 4. The third-order valence-corrected chi connectivity index (χ3v) is 6.72. The van der Waals surface area contributed by atoms with Gasteiger partial charge in [-0.3, -0.25) is 14.5 Å². The van der Waals surface area contributed by atoms with Gasteiger partial charge in [0.15, 0.2) is 5.78 Å². The van der Waals surface area contributed by atoms with Crippen LogP contribution in [0.5, 0.6) is 0 Å². The Morgan fingerprint density at radius 1 is 1.30 bits per heavy atom. The van der Waals surface area contributed by atoms with Crippen LogP contribution >= 0.6 is 12.6 Å². The average Bonchev–Trinajstić information content (AvgIpc) is 3.56. The fourth-order valence-corrected chi connectivity index (χ4v) is 4.52. The summed E-state index contributed by atoms with van der Waals surface area (Å²) in [6.45, 7) is 3.62. The quantitative estimate of drug-likeness (QED) is 0.445. The van der Waals surface area contributed by atoms with E-state index in [-0.39, 0.29) is 35.2 Å². The van der Waals surface area contributed by atoms with Gasteiger partial charge < -0.3 is 4.74 Å². The number of aromatic nitrogens is 3. The molecule has 176 valence electrons. The molecule has 0 amide bonds. The molecule has 9 heteroatoms. The summed E-state index contributed by atoms with van der Waals surface area (Å²) in [7, 11) is 0. The molecule has 0 N–H and O–H groups in total. The van der Waals surface area contributed by atoms with Crippen molar-refractivity contribution in [2.45, 2.75) is 50.4 Å². The summed E-state index contributed by atoms with van der Waals surface area (Å²) in [6, 6.07) is 5.95. The second-order valence-corrected chi connectivity index (χ2v) is 9.16. The number of hydrogen-bond donors (Lipinski definition) is 1. The molecule has 2 unspecified atom stereocenters. The van der Waals surface area contributed by atoms with Gasteiger partial charge in [0.2, 0.25) is 0 Å². The minimum Gasteiger partial charge on any atom is -0.466 e. The largest absolute Gasteiger partial charge is 0.466 e. The number of ether oxygens (including phenoxy) is 1. The Kier molecular flexibility index (Phi) is 7.60. The molecular weight excluding hydrogens is 443 g/mol. The lowest BCUT2D eigenvalue weighted by Gasteiger charge is -2.37. The van der Waals surface area contributed by atoms with E-state index in [9.17, 15) is 14.0 Å². The molecule has 1 saturated carbocycles. The van der Waals surface area contributed by atoms with Gasteiger partial charge in [0.1, 0.15) is 5.82 Å². The number of halogens is 1. The molecule has 0 spiro atoms. The number of Topliss-reactive ketones (excluding diaryl/α,β-unsaturated/α-hetero) is 1. The molecular formula is C24H29FN4O3S. The lowest BCUT2D eigenvalue weighted by atomic mass is 9.93. The maximum absolute atomic E-state index is 14.7. The molecule has 2 heterocycles. The van der Waals surface area contributed by atoms with Crippen LogP contribution in [0.2, 0.25) is 0 Å². The summed E-state index contributed by atoms with van der Waals surface area (Å²) in [5.41, 5.74) is 2.20. The van der Waals surface area contributed by atoms with Crippen LogP contribution < -0.4 is 0 Å². The van der Waals surface area contributed by atoms with Crippen LogP contribution in [0, 0.1) is 11.7 Å². The first-order valence-electron chi connectivity index (χ1n) is 11.4. The Hall–Kier alpha value is -2.52. The van der Waals surface area contributed by atoms with E-state index in [1.807, 2.05) is 6.08 Å². The number of carbonyl (C=O) groups is 2. The van der Waals surface area contributed by atoms with Crippen molar-refractivity contribution in [3.63, 3.8) is 0 Å². The predicted molar refractivity (Wildman–Crippen MR) is 125 cm³/mol. The maximum atomic E-state index is 14.7. The molecule has 0 radical (unpaired) electrons. The van der Waals surface area contributed by atoms with Crippen molar-refractivity contribution in [3.05, 3.63) is 53.1 Å². The van der Waals surface area contributed by atoms with Crippen molar-refractivity contribution in [3.8, 4) is 0 Å². The number of esters is 1. The summed E-state index contributed by atoms with van der Waals surface area (Å²) >= 11 is 4.76. The SMILES string of the molecule is CCOC(=O)CCn1nncc1/C=C1\CN(C(C(=O)C2CC2)c2ccccc2F)CCC1S. The van der Waals surface area contributed by atoms with E-state index in [0.717, 1.165) is 30.5 Å². The van der Waals surface area contributed by atoms with Gasteiger partial charge in [-0.2, -0.15) is 12.6 Å². The maximum Gasteiger partial charge on any atom is 0.307 e. The van der Waals surface area contributed by atoms with E-state index >= 15 is 0 Å². The standard InChI is InChI=1S/C24H29FN4O3S/c1-2-32-22(30)10-12-29-18(14-26-27-29)13-17-15-28(11-9-21(17)33)23(24(31)16-7-8-16)19-5-3-4-6-20(19)25/h3-6,13-14,16,21,23,33H,2,7-12,15H2,1H3/b17-13+. The van der Waals surface area contributed by atoms with E-state index in [1.165, 1.54) is 6.07 Å². The van der Waals surface area contributed by atoms with E-state index in [1.54, 1.807) is 36.0 Å². The van der Waals surface area contributed by atoms with E-state index < -0.39 is 6.04 Å². The molecule has 33 heavy (non-hydrogen) atoms. The van der Waals surface area contributed by atoms with Crippen molar-refractivity contribution >= 4 is 30.5 Å². The number of rotatable bonds is 9. The highest BCUT2D eigenvalue weighted by atomic mass is 32.1. The summed E-state index contributed by atoms with van der Waals surface area (Å²) < 4.78 is 21.4. The Balaban J connectivity index is 1.56. The highest BCUT2D eigenvalue weighted by molar-refractivity contribution is 7.81. The molecule has 2 fully saturated rings. The topological polar surface area (TPSA) is 77.3 Å².